The first-order valence-electron chi connectivity index (χ1n) is 13.0. The third kappa shape index (κ3) is 6.80. The molecular formula is C32H27FN4O3S. The zero-order valence-electron chi connectivity index (χ0n) is 22.0. The van der Waals surface area contributed by atoms with Gasteiger partial charge in [0.1, 0.15) is 5.82 Å². The minimum absolute atomic E-state index is 0.0105. The van der Waals surface area contributed by atoms with Crippen molar-refractivity contribution in [3.05, 3.63) is 125 Å². The lowest BCUT2D eigenvalue weighted by Gasteiger charge is -2.11. The van der Waals surface area contributed by atoms with Gasteiger partial charge in [-0.1, -0.05) is 42.2 Å². The summed E-state index contributed by atoms with van der Waals surface area (Å²) in [6, 6.07) is 20.8. The van der Waals surface area contributed by atoms with Crippen LogP contribution in [0, 0.1) is 17.7 Å². The molecule has 9 heteroatoms. The second-order valence-corrected chi connectivity index (χ2v) is 11.6. The number of carbonyl (C=O) groups is 1. The standard InChI is InChI=1S/C32H27FN4O3S/c33-28-12-7-22(8-13-28)6-10-26-18-27(32(38)35-16-2-3-24-19-36-37-20-24)11-15-31(26)41(39,40)21-23-9-14-29-25(17-23)4-1-5-30(29)34/h1,4-5,7-9,11-15,17-20H,2-3,16,21,34H2,(H,35,38)(H,36,37). The van der Waals surface area contributed by atoms with E-state index >= 15 is 0 Å². The molecule has 1 amide bonds. The summed E-state index contributed by atoms with van der Waals surface area (Å²) in [5.41, 5.74) is 9.28. The summed E-state index contributed by atoms with van der Waals surface area (Å²) in [7, 11) is -3.86. The maximum absolute atomic E-state index is 13.6. The second kappa shape index (κ2) is 12.1. The average Bonchev–Trinajstić information content (AvgIpc) is 3.48. The number of halogens is 1. The number of anilines is 1. The number of nitrogen functional groups attached to an aromatic ring is 1. The molecule has 1 heterocycles. The van der Waals surface area contributed by atoms with Crippen LogP contribution in [0.25, 0.3) is 10.8 Å². The van der Waals surface area contributed by atoms with Crippen molar-refractivity contribution in [2.24, 2.45) is 0 Å². The fraction of sp³-hybridized carbons (Fsp3) is 0.125. The van der Waals surface area contributed by atoms with Crippen molar-refractivity contribution in [1.82, 2.24) is 15.5 Å². The largest absolute Gasteiger partial charge is 0.398 e. The van der Waals surface area contributed by atoms with E-state index in [1.165, 1.54) is 42.5 Å². The second-order valence-electron chi connectivity index (χ2n) is 9.60. The molecule has 7 nitrogen and oxygen atoms in total. The lowest BCUT2D eigenvalue weighted by atomic mass is 10.1. The zero-order chi connectivity index (χ0) is 28.8. The van der Waals surface area contributed by atoms with E-state index in [-0.39, 0.29) is 27.7 Å². The number of nitrogens with one attached hydrogen (secondary N) is 2. The van der Waals surface area contributed by atoms with E-state index in [9.17, 15) is 17.6 Å². The van der Waals surface area contributed by atoms with Gasteiger partial charge in [-0.15, -0.1) is 0 Å². The third-order valence-electron chi connectivity index (χ3n) is 6.58. The summed E-state index contributed by atoms with van der Waals surface area (Å²) in [6.07, 6.45) is 5.01. The maximum atomic E-state index is 13.6. The highest BCUT2D eigenvalue weighted by Gasteiger charge is 2.21. The summed E-state index contributed by atoms with van der Waals surface area (Å²) >= 11 is 0. The van der Waals surface area contributed by atoms with Gasteiger partial charge in [-0.2, -0.15) is 5.10 Å². The molecule has 5 rings (SSSR count). The smallest absolute Gasteiger partial charge is 0.251 e. The zero-order valence-corrected chi connectivity index (χ0v) is 22.8. The van der Waals surface area contributed by atoms with Gasteiger partial charge in [0.15, 0.2) is 9.84 Å². The maximum Gasteiger partial charge on any atom is 0.251 e. The van der Waals surface area contributed by atoms with E-state index in [0.29, 0.717) is 29.8 Å². The van der Waals surface area contributed by atoms with Gasteiger partial charge in [-0.25, -0.2) is 12.8 Å². The summed E-state index contributed by atoms with van der Waals surface area (Å²) in [6.45, 7) is 0.438. The van der Waals surface area contributed by atoms with Gasteiger partial charge in [-0.3, -0.25) is 9.89 Å². The number of hydrogen-bond donors (Lipinski definition) is 3. The molecule has 4 aromatic carbocycles. The normalized spacial score (nSPS) is 11.1. The molecule has 0 aliphatic carbocycles. The highest BCUT2D eigenvalue weighted by atomic mass is 32.2. The summed E-state index contributed by atoms with van der Waals surface area (Å²) < 4.78 is 40.6. The molecule has 0 aliphatic heterocycles. The van der Waals surface area contributed by atoms with E-state index in [4.69, 9.17) is 5.73 Å². The van der Waals surface area contributed by atoms with Crippen LogP contribution < -0.4 is 11.1 Å². The van der Waals surface area contributed by atoms with E-state index in [1.54, 1.807) is 30.6 Å². The molecule has 4 N–H and O–H groups in total. The molecule has 0 radical (unpaired) electrons. The number of nitrogens with two attached hydrogens (primary N) is 1. The number of aryl methyl sites for hydroxylation is 1. The van der Waals surface area contributed by atoms with Gasteiger partial charge in [0, 0.05) is 40.5 Å². The van der Waals surface area contributed by atoms with Gasteiger partial charge >= 0.3 is 0 Å². The van der Waals surface area contributed by atoms with Crippen LogP contribution in [0.1, 0.15) is 39.0 Å². The van der Waals surface area contributed by atoms with Gasteiger partial charge in [0.2, 0.25) is 0 Å². The number of nitrogens with zero attached hydrogens (tertiary/aromatic N) is 1. The number of rotatable bonds is 8. The Bertz CT molecular complexity index is 1870. The van der Waals surface area contributed by atoms with Crippen molar-refractivity contribution in [3.8, 4) is 11.8 Å². The number of hydrogen-bond acceptors (Lipinski definition) is 5. The molecule has 0 unspecified atom stereocenters. The minimum atomic E-state index is -3.86. The first-order valence-corrected chi connectivity index (χ1v) is 14.6. The van der Waals surface area contributed by atoms with Gasteiger partial charge < -0.3 is 11.1 Å². The SMILES string of the molecule is Nc1cccc2cc(CS(=O)(=O)c3ccc(C(=O)NCCCc4cn[nH]c4)cc3C#Cc3ccc(F)cc3)ccc12. The van der Waals surface area contributed by atoms with Crippen LogP contribution in [0.5, 0.6) is 0 Å². The highest BCUT2D eigenvalue weighted by molar-refractivity contribution is 7.90. The molecule has 0 atom stereocenters. The van der Waals surface area contributed by atoms with Crippen molar-refractivity contribution in [1.29, 1.82) is 0 Å². The van der Waals surface area contributed by atoms with Crippen LogP contribution in [-0.4, -0.2) is 31.1 Å². The number of aromatic nitrogens is 2. The fourth-order valence-electron chi connectivity index (χ4n) is 4.47. The molecule has 0 aliphatic rings. The molecule has 1 aromatic heterocycles. The minimum Gasteiger partial charge on any atom is -0.398 e. The van der Waals surface area contributed by atoms with Crippen LogP contribution in [0.15, 0.2) is 96.2 Å². The van der Waals surface area contributed by atoms with Crippen LogP contribution >= 0.6 is 0 Å². The van der Waals surface area contributed by atoms with E-state index in [1.807, 2.05) is 18.2 Å². The summed E-state index contributed by atoms with van der Waals surface area (Å²) in [4.78, 5) is 12.9. The van der Waals surface area contributed by atoms with Crippen LogP contribution in [-0.2, 0) is 22.0 Å². The number of carbonyl (C=O) groups excluding carboxylic acids is 1. The number of benzene rings is 4. The van der Waals surface area contributed by atoms with Crippen molar-refractivity contribution in [2.45, 2.75) is 23.5 Å². The molecule has 41 heavy (non-hydrogen) atoms. The number of fused-ring (bicyclic) bond motifs is 1. The molecule has 0 fully saturated rings. The Kier molecular flexibility index (Phi) is 8.13. The molecule has 0 spiro atoms. The van der Waals surface area contributed by atoms with Gasteiger partial charge in [-0.05, 0) is 77.9 Å². The van der Waals surface area contributed by atoms with Gasteiger partial charge in [0.05, 0.1) is 16.8 Å². The van der Waals surface area contributed by atoms with Crippen molar-refractivity contribution in [2.75, 3.05) is 12.3 Å². The molecule has 0 saturated carbocycles. The first-order chi connectivity index (χ1) is 19.8. The highest BCUT2D eigenvalue weighted by Crippen LogP contribution is 2.26. The Hall–Kier alpha value is -4.94. The van der Waals surface area contributed by atoms with Crippen molar-refractivity contribution in [3.63, 3.8) is 0 Å². The first kappa shape index (κ1) is 27.6. The molecule has 206 valence electrons. The Balaban J connectivity index is 1.42. The van der Waals surface area contributed by atoms with Crippen molar-refractivity contribution < 1.29 is 17.6 Å². The number of sulfone groups is 1. The predicted molar refractivity (Wildman–Crippen MR) is 157 cm³/mol. The van der Waals surface area contributed by atoms with E-state index in [0.717, 1.165) is 22.8 Å². The monoisotopic (exact) mass is 566 g/mol. The van der Waals surface area contributed by atoms with Crippen LogP contribution in [0.3, 0.4) is 0 Å². The fourth-order valence-corrected chi connectivity index (χ4v) is 5.96. The number of aromatic amines is 1. The van der Waals surface area contributed by atoms with Crippen LogP contribution in [0.2, 0.25) is 0 Å². The summed E-state index contributed by atoms with van der Waals surface area (Å²) in [5, 5.41) is 11.2. The molecule has 5 aromatic rings. The Morgan fingerprint density at radius 2 is 1.80 bits per heavy atom. The lowest BCUT2D eigenvalue weighted by molar-refractivity contribution is 0.0953. The van der Waals surface area contributed by atoms with Crippen molar-refractivity contribution >= 4 is 32.2 Å². The van der Waals surface area contributed by atoms with E-state index < -0.39 is 15.7 Å². The topological polar surface area (TPSA) is 118 Å². The average molecular weight is 567 g/mol. The lowest BCUT2D eigenvalue weighted by Crippen LogP contribution is -2.25. The number of amides is 1. The Morgan fingerprint density at radius 1 is 0.976 bits per heavy atom. The Morgan fingerprint density at radius 3 is 2.59 bits per heavy atom. The number of H-pyrrole nitrogens is 1. The Labute approximate surface area is 237 Å². The molecular weight excluding hydrogens is 539 g/mol. The molecule has 0 saturated heterocycles. The predicted octanol–water partition coefficient (Wildman–Crippen LogP) is 5.02. The quantitative estimate of drug-likeness (QED) is 0.139. The third-order valence-corrected chi connectivity index (χ3v) is 8.32. The van der Waals surface area contributed by atoms with Crippen LogP contribution in [0.4, 0.5) is 10.1 Å². The molecule has 0 bridgehead atoms. The van der Waals surface area contributed by atoms with E-state index in [2.05, 4.69) is 27.4 Å². The van der Waals surface area contributed by atoms with Gasteiger partial charge in [0.25, 0.3) is 5.91 Å². The summed E-state index contributed by atoms with van der Waals surface area (Å²) in [5.74, 6) is 4.80.